The van der Waals surface area contributed by atoms with E-state index in [9.17, 15) is 17.6 Å². The van der Waals surface area contributed by atoms with Gasteiger partial charge in [0, 0.05) is 5.75 Å². The molecular formula is C11H13FO4S. The van der Waals surface area contributed by atoms with Gasteiger partial charge >= 0.3 is 0 Å². The predicted octanol–water partition coefficient (Wildman–Crippen LogP) is 1.45. The molecule has 0 bridgehead atoms. The van der Waals surface area contributed by atoms with Gasteiger partial charge in [-0.05, 0) is 18.2 Å². The van der Waals surface area contributed by atoms with Crippen LogP contribution in [0.25, 0.3) is 0 Å². The summed E-state index contributed by atoms with van der Waals surface area (Å²) in [6, 6.07) is 3.49. The Morgan fingerprint density at radius 2 is 2.12 bits per heavy atom. The average molecular weight is 260 g/mol. The first-order chi connectivity index (χ1) is 7.98. The molecule has 0 saturated carbocycles. The molecule has 1 aromatic rings. The van der Waals surface area contributed by atoms with Gasteiger partial charge in [-0.3, -0.25) is 4.79 Å². The summed E-state index contributed by atoms with van der Waals surface area (Å²) < 4.78 is 40.3. The fourth-order valence-electron chi connectivity index (χ4n) is 1.17. The number of hydrogen-bond acceptors (Lipinski definition) is 4. The van der Waals surface area contributed by atoms with E-state index in [-0.39, 0.29) is 29.4 Å². The van der Waals surface area contributed by atoms with Crippen molar-refractivity contribution in [2.75, 3.05) is 18.1 Å². The van der Waals surface area contributed by atoms with Gasteiger partial charge in [0.2, 0.25) is 0 Å². The molecule has 0 aliphatic carbocycles. The highest BCUT2D eigenvalue weighted by Gasteiger charge is 2.09. The molecule has 0 N–H and O–H groups in total. The minimum absolute atomic E-state index is 0.0420. The molecule has 0 saturated heterocycles. The Bertz CT molecular complexity index is 496. The molecule has 1 aromatic carbocycles. The molecule has 0 spiro atoms. The van der Waals surface area contributed by atoms with Gasteiger partial charge in [-0.15, -0.1) is 0 Å². The number of rotatable bonds is 6. The third kappa shape index (κ3) is 4.14. The highest BCUT2D eigenvalue weighted by molar-refractivity contribution is 7.91. The summed E-state index contributed by atoms with van der Waals surface area (Å²) in [6.45, 7) is 1.49. The Morgan fingerprint density at radius 3 is 2.71 bits per heavy atom. The van der Waals surface area contributed by atoms with E-state index in [1.54, 1.807) is 6.92 Å². The van der Waals surface area contributed by atoms with E-state index < -0.39 is 15.7 Å². The summed E-state index contributed by atoms with van der Waals surface area (Å²) in [7, 11) is -3.10. The minimum atomic E-state index is -3.10. The van der Waals surface area contributed by atoms with Crippen LogP contribution in [0.5, 0.6) is 5.75 Å². The quantitative estimate of drug-likeness (QED) is 0.726. The standard InChI is InChI=1S/C11H13FO4S/c1-2-17(14,15)6-5-16-11-4-3-10(12)7-9(11)8-13/h3-4,7-8H,2,5-6H2,1H3. The molecule has 1 rings (SSSR count). The lowest BCUT2D eigenvalue weighted by molar-refractivity contribution is 0.111. The molecule has 6 heteroatoms. The first-order valence-electron chi connectivity index (χ1n) is 5.06. The van der Waals surface area contributed by atoms with Crippen molar-refractivity contribution in [1.29, 1.82) is 0 Å². The normalized spacial score (nSPS) is 11.2. The van der Waals surface area contributed by atoms with Crippen molar-refractivity contribution < 1.29 is 22.3 Å². The zero-order valence-corrected chi connectivity index (χ0v) is 10.2. The summed E-state index contributed by atoms with van der Waals surface area (Å²) in [5, 5.41) is 0. The van der Waals surface area contributed by atoms with Crippen molar-refractivity contribution in [3.8, 4) is 5.75 Å². The lowest BCUT2D eigenvalue weighted by atomic mass is 10.2. The van der Waals surface area contributed by atoms with E-state index in [2.05, 4.69) is 0 Å². The molecular weight excluding hydrogens is 247 g/mol. The van der Waals surface area contributed by atoms with Crippen LogP contribution in [0.4, 0.5) is 4.39 Å². The molecule has 0 amide bonds. The second-order valence-corrected chi connectivity index (χ2v) is 5.86. The Labute approximate surface area is 99.3 Å². The van der Waals surface area contributed by atoms with E-state index in [0.717, 1.165) is 12.1 Å². The van der Waals surface area contributed by atoms with Crippen molar-refractivity contribution >= 4 is 16.1 Å². The molecule has 0 radical (unpaired) electrons. The van der Waals surface area contributed by atoms with Crippen LogP contribution < -0.4 is 4.74 Å². The molecule has 0 heterocycles. The van der Waals surface area contributed by atoms with E-state index >= 15 is 0 Å². The molecule has 4 nitrogen and oxygen atoms in total. The lowest BCUT2D eigenvalue weighted by Gasteiger charge is -2.08. The Hall–Kier alpha value is -1.43. The number of halogens is 1. The van der Waals surface area contributed by atoms with Crippen LogP contribution >= 0.6 is 0 Å². The largest absolute Gasteiger partial charge is 0.492 e. The second-order valence-electron chi connectivity index (χ2n) is 3.38. The smallest absolute Gasteiger partial charge is 0.153 e. The van der Waals surface area contributed by atoms with Crippen molar-refractivity contribution in [2.24, 2.45) is 0 Å². The van der Waals surface area contributed by atoms with Crippen LogP contribution in [0.3, 0.4) is 0 Å². The molecule has 0 atom stereocenters. The number of hydrogen-bond donors (Lipinski definition) is 0. The Kier molecular flexibility index (Phi) is 4.62. The molecule has 17 heavy (non-hydrogen) atoms. The molecule has 0 aliphatic rings. The summed E-state index contributed by atoms with van der Waals surface area (Å²) in [6.07, 6.45) is 0.465. The molecule has 0 unspecified atom stereocenters. The molecule has 0 aromatic heterocycles. The van der Waals surface area contributed by atoms with Crippen LogP contribution in [0.2, 0.25) is 0 Å². The first-order valence-corrected chi connectivity index (χ1v) is 6.88. The van der Waals surface area contributed by atoms with Gasteiger partial charge in [0.05, 0.1) is 11.3 Å². The summed E-state index contributed by atoms with van der Waals surface area (Å²) in [4.78, 5) is 10.6. The van der Waals surface area contributed by atoms with Crippen molar-refractivity contribution in [3.63, 3.8) is 0 Å². The maximum Gasteiger partial charge on any atom is 0.153 e. The number of carbonyl (C=O) groups excluding carboxylic acids is 1. The number of sulfone groups is 1. The van der Waals surface area contributed by atoms with Gasteiger partial charge in [0.25, 0.3) is 0 Å². The van der Waals surface area contributed by atoms with Gasteiger partial charge in [0.1, 0.15) is 18.2 Å². The van der Waals surface area contributed by atoms with E-state index in [4.69, 9.17) is 4.74 Å². The fraction of sp³-hybridized carbons (Fsp3) is 0.364. The topological polar surface area (TPSA) is 60.4 Å². The lowest BCUT2D eigenvalue weighted by Crippen LogP contribution is -2.16. The molecule has 0 aliphatic heterocycles. The highest BCUT2D eigenvalue weighted by Crippen LogP contribution is 2.17. The summed E-state index contributed by atoms with van der Waals surface area (Å²) in [5.74, 6) is -0.437. The van der Waals surface area contributed by atoms with E-state index in [1.807, 2.05) is 0 Å². The average Bonchev–Trinajstić information content (AvgIpc) is 2.30. The summed E-state index contributed by atoms with van der Waals surface area (Å²) >= 11 is 0. The number of benzene rings is 1. The van der Waals surface area contributed by atoms with Gasteiger partial charge in [-0.2, -0.15) is 0 Å². The molecule has 0 fully saturated rings. The number of carbonyl (C=O) groups is 1. The number of ether oxygens (including phenoxy) is 1. The SMILES string of the molecule is CCS(=O)(=O)CCOc1ccc(F)cc1C=O. The van der Waals surface area contributed by atoms with Crippen molar-refractivity contribution in [1.82, 2.24) is 0 Å². The van der Waals surface area contributed by atoms with Crippen molar-refractivity contribution in [3.05, 3.63) is 29.6 Å². The van der Waals surface area contributed by atoms with Gasteiger partial charge < -0.3 is 4.74 Å². The van der Waals surface area contributed by atoms with E-state index in [0.29, 0.717) is 6.29 Å². The monoisotopic (exact) mass is 260 g/mol. The number of aldehydes is 1. The first kappa shape index (κ1) is 13.6. The van der Waals surface area contributed by atoms with Crippen molar-refractivity contribution in [2.45, 2.75) is 6.92 Å². The third-order valence-corrected chi connectivity index (χ3v) is 3.86. The fourth-order valence-corrected chi connectivity index (χ4v) is 1.79. The highest BCUT2D eigenvalue weighted by atomic mass is 32.2. The predicted molar refractivity (Wildman–Crippen MR) is 61.6 cm³/mol. The van der Waals surface area contributed by atoms with Crippen LogP contribution in [-0.4, -0.2) is 32.8 Å². The molecule has 94 valence electrons. The minimum Gasteiger partial charge on any atom is -0.492 e. The third-order valence-electron chi connectivity index (χ3n) is 2.19. The summed E-state index contributed by atoms with van der Waals surface area (Å²) in [5.41, 5.74) is 0.0684. The van der Waals surface area contributed by atoms with Gasteiger partial charge in [0.15, 0.2) is 16.1 Å². The zero-order chi connectivity index (χ0) is 12.9. The van der Waals surface area contributed by atoms with Gasteiger partial charge in [-0.25, -0.2) is 12.8 Å². The van der Waals surface area contributed by atoms with Gasteiger partial charge in [-0.1, -0.05) is 6.92 Å². The Morgan fingerprint density at radius 1 is 1.41 bits per heavy atom. The van der Waals surface area contributed by atoms with Crippen LogP contribution in [0, 0.1) is 5.82 Å². The van der Waals surface area contributed by atoms with Crippen LogP contribution in [0.1, 0.15) is 17.3 Å². The Balaban J connectivity index is 2.67. The maximum absolute atomic E-state index is 12.8. The van der Waals surface area contributed by atoms with Crippen LogP contribution in [-0.2, 0) is 9.84 Å². The zero-order valence-electron chi connectivity index (χ0n) is 9.35. The maximum atomic E-state index is 12.8. The van der Waals surface area contributed by atoms with E-state index in [1.165, 1.54) is 6.07 Å². The van der Waals surface area contributed by atoms with Crippen LogP contribution in [0.15, 0.2) is 18.2 Å². The second kappa shape index (κ2) is 5.77.